The summed E-state index contributed by atoms with van der Waals surface area (Å²) in [6.07, 6.45) is 13.4. The monoisotopic (exact) mass is 408 g/mol. The summed E-state index contributed by atoms with van der Waals surface area (Å²) in [5.41, 5.74) is 2.81. The predicted molar refractivity (Wildman–Crippen MR) is 118 cm³/mol. The minimum atomic E-state index is 0.0878. The minimum Gasteiger partial charge on any atom is -0.375 e. The lowest BCUT2D eigenvalue weighted by Gasteiger charge is -2.46. The third-order valence-corrected chi connectivity index (χ3v) is 7.99. The molecule has 3 aliphatic rings. The molecule has 2 aromatic rings. The first kappa shape index (κ1) is 20.2. The average molecular weight is 409 g/mol. The van der Waals surface area contributed by atoms with E-state index in [-0.39, 0.29) is 11.0 Å². The molecule has 2 aliphatic heterocycles. The Morgan fingerprint density at radius 1 is 1.17 bits per heavy atom. The van der Waals surface area contributed by atoms with Crippen LogP contribution in [0.1, 0.15) is 88.7 Å². The van der Waals surface area contributed by atoms with E-state index in [0.29, 0.717) is 18.0 Å². The van der Waals surface area contributed by atoms with Gasteiger partial charge in [-0.25, -0.2) is 0 Å². The molecule has 1 aliphatic carbocycles. The molecule has 2 aromatic heterocycles. The summed E-state index contributed by atoms with van der Waals surface area (Å²) < 4.78 is 8.65. The lowest BCUT2D eigenvalue weighted by atomic mass is 9.68. The first-order valence-corrected chi connectivity index (χ1v) is 11.9. The number of nitrogens with zero attached hydrogens (tertiary/aromatic N) is 3. The molecule has 3 atom stereocenters. The van der Waals surface area contributed by atoms with Crippen LogP contribution in [0.25, 0.3) is 0 Å². The normalized spacial score (nSPS) is 30.2. The van der Waals surface area contributed by atoms with E-state index >= 15 is 0 Å². The van der Waals surface area contributed by atoms with Crippen molar-refractivity contribution in [3.63, 3.8) is 0 Å². The number of hydrogen-bond donors (Lipinski definition) is 1. The molecule has 0 bridgehead atoms. The van der Waals surface area contributed by atoms with E-state index in [1.165, 1.54) is 37.1 Å². The van der Waals surface area contributed by atoms with Crippen molar-refractivity contribution in [2.24, 2.45) is 5.92 Å². The number of ether oxygens (including phenoxy) is 1. The molecule has 30 heavy (non-hydrogen) atoms. The molecule has 1 spiro atoms. The zero-order chi connectivity index (χ0) is 20.6. The number of pyridine rings is 1. The molecule has 5 nitrogen and oxygen atoms in total. The van der Waals surface area contributed by atoms with E-state index in [4.69, 9.17) is 9.72 Å². The van der Waals surface area contributed by atoms with Crippen LogP contribution in [0.3, 0.4) is 0 Å². The summed E-state index contributed by atoms with van der Waals surface area (Å²) in [5.74, 6) is 0.605. The van der Waals surface area contributed by atoms with Crippen LogP contribution in [0.15, 0.2) is 36.7 Å². The maximum Gasteiger partial charge on any atom is 0.0691 e. The summed E-state index contributed by atoms with van der Waals surface area (Å²) in [5, 5.41) is 8.51. The summed E-state index contributed by atoms with van der Waals surface area (Å²) in [4.78, 5) is 4.85. The van der Waals surface area contributed by atoms with E-state index < -0.39 is 0 Å². The molecule has 0 aromatic carbocycles. The topological polar surface area (TPSA) is 52.0 Å². The Kier molecular flexibility index (Phi) is 5.44. The Balaban J connectivity index is 1.32. The molecule has 4 heterocycles. The van der Waals surface area contributed by atoms with Gasteiger partial charge in [-0.05, 0) is 69.2 Å². The first-order chi connectivity index (χ1) is 14.6. The van der Waals surface area contributed by atoms with E-state index in [1.54, 1.807) is 0 Å². The Labute approximate surface area is 180 Å². The summed E-state index contributed by atoms with van der Waals surface area (Å²) >= 11 is 0. The smallest absolute Gasteiger partial charge is 0.0691 e. The highest BCUT2D eigenvalue weighted by Crippen LogP contribution is 2.49. The second-order valence-corrected chi connectivity index (χ2v) is 10.2. The second-order valence-electron chi connectivity index (χ2n) is 10.2. The molecular weight excluding hydrogens is 372 g/mol. The zero-order valence-corrected chi connectivity index (χ0v) is 18.5. The summed E-state index contributed by atoms with van der Waals surface area (Å²) in [7, 11) is 0. The molecule has 2 fully saturated rings. The number of fused-ring (bicyclic) bond motifs is 1. The highest BCUT2D eigenvalue weighted by molar-refractivity contribution is 5.21. The molecule has 5 heteroatoms. The van der Waals surface area contributed by atoms with Crippen LogP contribution in [0.4, 0.5) is 0 Å². The van der Waals surface area contributed by atoms with Crippen LogP contribution in [-0.4, -0.2) is 33.5 Å². The van der Waals surface area contributed by atoms with E-state index in [9.17, 15) is 0 Å². The lowest BCUT2D eigenvalue weighted by molar-refractivity contribution is -0.104. The van der Waals surface area contributed by atoms with Crippen LogP contribution >= 0.6 is 0 Å². The van der Waals surface area contributed by atoms with Gasteiger partial charge in [-0.1, -0.05) is 32.8 Å². The third-order valence-electron chi connectivity index (χ3n) is 7.99. The fourth-order valence-electron chi connectivity index (χ4n) is 6.36. The van der Waals surface area contributed by atoms with Crippen molar-refractivity contribution in [3.8, 4) is 0 Å². The van der Waals surface area contributed by atoms with Gasteiger partial charge in [-0.3, -0.25) is 9.67 Å². The van der Waals surface area contributed by atoms with Gasteiger partial charge < -0.3 is 10.1 Å². The Morgan fingerprint density at radius 3 is 2.80 bits per heavy atom. The quantitative estimate of drug-likeness (QED) is 0.734. The van der Waals surface area contributed by atoms with Gasteiger partial charge in [0.05, 0.1) is 23.4 Å². The van der Waals surface area contributed by atoms with Crippen LogP contribution in [-0.2, 0) is 10.2 Å². The number of nitrogens with one attached hydrogen (secondary N) is 1. The van der Waals surface area contributed by atoms with Gasteiger partial charge in [0.15, 0.2) is 0 Å². The second kappa shape index (κ2) is 8.08. The Bertz CT molecular complexity index is 842. The Morgan fingerprint density at radius 2 is 2.03 bits per heavy atom. The van der Waals surface area contributed by atoms with Crippen LogP contribution in [0.2, 0.25) is 0 Å². The van der Waals surface area contributed by atoms with E-state index in [0.717, 1.165) is 38.8 Å². The molecular formula is C25H36N4O. The van der Waals surface area contributed by atoms with Gasteiger partial charge in [0.1, 0.15) is 0 Å². The van der Waals surface area contributed by atoms with Crippen molar-refractivity contribution in [2.45, 2.75) is 88.3 Å². The van der Waals surface area contributed by atoms with Crippen LogP contribution < -0.4 is 5.32 Å². The molecule has 1 saturated carbocycles. The maximum absolute atomic E-state index is 6.40. The van der Waals surface area contributed by atoms with Gasteiger partial charge in [0, 0.05) is 30.1 Å². The zero-order valence-electron chi connectivity index (χ0n) is 18.5. The standard InChI is InChI=1S/C25H36N4O/c1-19(2)22-17-20(21-8-14-28-29(21)22)26-15-11-24(23-7-3-6-13-27-23)12-16-30-25(18-24)9-4-5-10-25/h3,6-8,13-14,19-20,22,26H,4-5,9-12,15-18H2,1-2H3/t20?,22?,24-/m1/s1. The summed E-state index contributed by atoms with van der Waals surface area (Å²) in [6.45, 7) is 6.48. The molecule has 0 amide bonds. The maximum atomic E-state index is 6.40. The summed E-state index contributed by atoms with van der Waals surface area (Å²) in [6, 6.07) is 9.52. The highest BCUT2D eigenvalue weighted by Gasteiger charge is 2.48. The van der Waals surface area contributed by atoms with Gasteiger partial charge in [-0.2, -0.15) is 5.10 Å². The molecule has 2 unspecified atom stereocenters. The van der Waals surface area contributed by atoms with Crippen molar-refractivity contribution in [1.82, 2.24) is 20.1 Å². The molecule has 0 radical (unpaired) electrons. The fourth-order valence-corrected chi connectivity index (χ4v) is 6.36. The Hall–Kier alpha value is -1.72. The third kappa shape index (κ3) is 3.60. The molecule has 1 saturated heterocycles. The number of aromatic nitrogens is 3. The minimum absolute atomic E-state index is 0.0878. The van der Waals surface area contributed by atoms with Crippen molar-refractivity contribution in [3.05, 3.63) is 48.0 Å². The average Bonchev–Trinajstić information content (AvgIpc) is 3.47. The highest BCUT2D eigenvalue weighted by atomic mass is 16.5. The van der Waals surface area contributed by atoms with Crippen molar-refractivity contribution >= 4 is 0 Å². The van der Waals surface area contributed by atoms with Gasteiger partial charge in [0.2, 0.25) is 0 Å². The molecule has 5 rings (SSSR count). The van der Waals surface area contributed by atoms with Crippen molar-refractivity contribution in [2.75, 3.05) is 13.2 Å². The SMILES string of the molecule is CC(C)C1CC(NCC[C@@]2(c3ccccn3)CCOC3(CCCC3)C2)c2ccnn21. The van der Waals surface area contributed by atoms with Gasteiger partial charge >= 0.3 is 0 Å². The number of hydrogen-bond acceptors (Lipinski definition) is 4. The fraction of sp³-hybridized carbons (Fsp3) is 0.680. The number of rotatable bonds is 6. The van der Waals surface area contributed by atoms with Gasteiger partial charge in [0.25, 0.3) is 0 Å². The molecule has 1 N–H and O–H groups in total. The largest absolute Gasteiger partial charge is 0.375 e. The predicted octanol–water partition coefficient (Wildman–Crippen LogP) is 4.96. The van der Waals surface area contributed by atoms with Crippen LogP contribution in [0.5, 0.6) is 0 Å². The lowest BCUT2D eigenvalue weighted by Crippen LogP contribution is -2.47. The van der Waals surface area contributed by atoms with E-state index in [2.05, 4.69) is 47.1 Å². The van der Waals surface area contributed by atoms with E-state index in [1.807, 2.05) is 18.5 Å². The van der Waals surface area contributed by atoms with Crippen LogP contribution in [0, 0.1) is 5.92 Å². The van der Waals surface area contributed by atoms with Crippen molar-refractivity contribution < 1.29 is 4.74 Å². The molecule has 162 valence electrons. The first-order valence-electron chi connectivity index (χ1n) is 11.9. The van der Waals surface area contributed by atoms with Crippen molar-refractivity contribution in [1.29, 1.82) is 0 Å². The van der Waals surface area contributed by atoms with Gasteiger partial charge in [-0.15, -0.1) is 0 Å².